The van der Waals surface area contributed by atoms with Gasteiger partial charge in [0, 0.05) is 31.0 Å². The smallest absolute Gasteiger partial charge is 0.244 e. The first kappa shape index (κ1) is 16.2. The van der Waals surface area contributed by atoms with E-state index in [0.29, 0.717) is 18.8 Å². The van der Waals surface area contributed by atoms with E-state index in [1.54, 1.807) is 16.8 Å². The number of aromatic nitrogens is 1. The maximum atomic E-state index is 12.5. The van der Waals surface area contributed by atoms with Crippen molar-refractivity contribution in [2.75, 3.05) is 6.54 Å². The van der Waals surface area contributed by atoms with Crippen molar-refractivity contribution < 1.29 is 13.5 Å². The van der Waals surface area contributed by atoms with Crippen LogP contribution in [0.1, 0.15) is 39.8 Å². The molecule has 0 saturated heterocycles. The van der Waals surface area contributed by atoms with Crippen LogP contribution in [0, 0.1) is 0 Å². The third kappa shape index (κ3) is 3.38. The van der Waals surface area contributed by atoms with Gasteiger partial charge in [-0.25, -0.2) is 8.42 Å². The van der Waals surface area contributed by atoms with Gasteiger partial charge in [0.05, 0.1) is 6.61 Å². The molecule has 5 nitrogen and oxygen atoms in total. The van der Waals surface area contributed by atoms with E-state index >= 15 is 0 Å². The molecule has 1 aromatic rings. The Kier molecular flexibility index (Phi) is 5.58. The van der Waals surface area contributed by atoms with Gasteiger partial charge in [-0.15, -0.1) is 0 Å². The Morgan fingerprint density at radius 3 is 2.42 bits per heavy atom. The van der Waals surface area contributed by atoms with Crippen LogP contribution in [0.2, 0.25) is 0 Å². The monoisotopic (exact) mass is 288 g/mol. The van der Waals surface area contributed by atoms with E-state index in [0.717, 1.165) is 6.42 Å². The van der Waals surface area contributed by atoms with Crippen LogP contribution < -0.4 is 0 Å². The van der Waals surface area contributed by atoms with Crippen LogP contribution in [0.3, 0.4) is 0 Å². The molecule has 1 heterocycles. The molecule has 1 aromatic heterocycles. The summed E-state index contributed by atoms with van der Waals surface area (Å²) in [6.07, 6.45) is 2.51. The summed E-state index contributed by atoms with van der Waals surface area (Å²) in [4.78, 5) is 0.264. The SMILES string of the molecule is CCCn1cc(S(=O)(=O)N(CC)C(C)C)cc1CO. The molecule has 0 aromatic carbocycles. The van der Waals surface area contributed by atoms with Crippen LogP contribution in [0.4, 0.5) is 0 Å². The Balaban J connectivity index is 3.21. The summed E-state index contributed by atoms with van der Waals surface area (Å²) in [5, 5.41) is 9.30. The highest BCUT2D eigenvalue weighted by Gasteiger charge is 2.27. The molecule has 0 fully saturated rings. The van der Waals surface area contributed by atoms with Crippen LogP contribution in [0.5, 0.6) is 0 Å². The van der Waals surface area contributed by atoms with Crippen molar-refractivity contribution in [1.82, 2.24) is 8.87 Å². The molecule has 1 N–H and O–H groups in total. The molecular formula is C13H24N2O3S. The molecule has 0 atom stereocenters. The van der Waals surface area contributed by atoms with Crippen molar-refractivity contribution in [2.24, 2.45) is 0 Å². The third-order valence-electron chi connectivity index (χ3n) is 3.08. The van der Waals surface area contributed by atoms with Crippen molar-refractivity contribution in [3.8, 4) is 0 Å². The lowest BCUT2D eigenvalue weighted by Crippen LogP contribution is -2.36. The van der Waals surface area contributed by atoms with Gasteiger partial charge in [0.1, 0.15) is 4.90 Å². The lowest BCUT2D eigenvalue weighted by molar-refractivity contribution is 0.270. The Morgan fingerprint density at radius 2 is 2.00 bits per heavy atom. The average Bonchev–Trinajstić information content (AvgIpc) is 2.73. The molecular weight excluding hydrogens is 264 g/mol. The minimum absolute atomic E-state index is 0.0814. The number of aliphatic hydroxyl groups excluding tert-OH is 1. The highest BCUT2D eigenvalue weighted by molar-refractivity contribution is 7.89. The van der Waals surface area contributed by atoms with Gasteiger partial charge in [-0.3, -0.25) is 0 Å². The summed E-state index contributed by atoms with van der Waals surface area (Å²) >= 11 is 0. The quantitative estimate of drug-likeness (QED) is 0.832. The summed E-state index contributed by atoms with van der Waals surface area (Å²) in [7, 11) is -3.48. The fraction of sp³-hybridized carbons (Fsp3) is 0.692. The molecule has 0 bridgehead atoms. The zero-order valence-electron chi connectivity index (χ0n) is 12.1. The van der Waals surface area contributed by atoms with Gasteiger partial charge in [-0.2, -0.15) is 4.31 Å². The molecule has 6 heteroatoms. The Hall–Kier alpha value is -0.850. The van der Waals surface area contributed by atoms with Gasteiger partial charge in [0.25, 0.3) is 0 Å². The van der Waals surface area contributed by atoms with Crippen molar-refractivity contribution in [3.63, 3.8) is 0 Å². The Morgan fingerprint density at radius 1 is 1.37 bits per heavy atom. The van der Waals surface area contributed by atoms with Crippen molar-refractivity contribution in [3.05, 3.63) is 18.0 Å². The number of hydrogen-bond acceptors (Lipinski definition) is 3. The fourth-order valence-electron chi connectivity index (χ4n) is 2.20. The van der Waals surface area contributed by atoms with E-state index in [1.807, 2.05) is 27.7 Å². The molecule has 0 spiro atoms. The van der Waals surface area contributed by atoms with Crippen LogP contribution in [-0.2, 0) is 23.2 Å². The van der Waals surface area contributed by atoms with Crippen molar-refractivity contribution in [1.29, 1.82) is 0 Å². The van der Waals surface area contributed by atoms with Crippen LogP contribution in [0.25, 0.3) is 0 Å². The van der Waals surface area contributed by atoms with Gasteiger partial charge in [-0.05, 0) is 26.3 Å². The second-order valence-corrected chi connectivity index (χ2v) is 6.71. The van der Waals surface area contributed by atoms with Crippen LogP contribution in [0.15, 0.2) is 17.2 Å². The number of sulfonamides is 1. The molecule has 0 aliphatic heterocycles. The van der Waals surface area contributed by atoms with E-state index in [2.05, 4.69) is 0 Å². The zero-order valence-corrected chi connectivity index (χ0v) is 12.9. The molecule has 0 aliphatic carbocycles. The Labute approximate surface area is 115 Å². The summed E-state index contributed by atoms with van der Waals surface area (Å²) in [5.74, 6) is 0. The lowest BCUT2D eigenvalue weighted by Gasteiger charge is -2.23. The van der Waals surface area contributed by atoms with Gasteiger partial charge in [-0.1, -0.05) is 13.8 Å². The second kappa shape index (κ2) is 6.54. The maximum absolute atomic E-state index is 12.5. The van der Waals surface area contributed by atoms with Gasteiger partial charge >= 0.3 is 0 Å². The largest absolute Gasteiger partial charge is 0.390 e. The van der Waals surface area contributed by atoms with Crippen LogP contribution in [-0.4, -0.2) is 35.0 Å². The predicted octanol–water partition coefficient (Wildman–Crippen LogP) is 1.81. The number of aliphatic hydroxyl groups is 1. The molecule has 0 amide bonds. The average molecular weight is 288 g/mol. The maximum Gasteiger partial charge on any atom is 0.244 e. The fourth-order valence-corrected chi connectivity index (χ4v) is 3.91. The van der Waals surface area contributed by atoms with Gasteiger partial charge < -0.3 is 9.67 Å². The number of hydrogen-bond donors (Lipinski definition) is 1. The summed E-state index contributed by atoms with van der Waals surface area (Å²) in [5.41, 5.74) is 0.639. The molecule has 110 valence electrons. The minimum atomic E-state index is -3.48. The van der Waals surface area contributed by atoms with Crippen molar-refractivity contribution >= 4 is 10.0 Å². The van der Waals surface area contributed by atoms with Crippen molar-refractivity contribution in [2.45, 2.75) is 58.2 Å². The van der Waals surface area contributed by atoms with E-state index in [-0.39, 0.29) is 17.5 Å². The highest BCUT2D eigenvalue weighted by Crippen LogP contribution is 2.21. The summed E-state index contributed by atoms with van der Waals surface area (Å²) in [6, 6.07) is 1.48. The third-order valence-corrected chi connectivity index (χ3v) is 5.20. The standard InChI is InChI=1S/C13H24N2O3S/c1-5-7-14-9-13(8-12(14)10-16)19(17,18)15(6-2)11(3)4/h8-9,11,16H,5-7,10H2,1-4H3. The van der Waals surface area contributed by atoms with E-state index in [4.69, 9.17) is 0 Å². The van der Waals surface area contributed by atoms with E-state index in [1.165, 1.54) is 4.31 Å². The first-order valence-corrected chi connectivity index (χ1v) is 8.14. The first-order chi connectivity index (χ1) is 8.88. The molecule has 19 heavy (non-hydrogen) atoms. The predicted molar refractivity (Wildman–Crippen MR) is 75.3 cm³/mol. The zero-order chi connectivity index (χ0) is 14.6. The molecule has 0 aliphatic rings. The molecule has 0 unspecified atom stereocenters. The number of rotatable bonds is 7. The molecule has 0 radical (unpaired) electrons. The highest BCUT2D eigenvalue weighted by atomic mass is 32.2. The minimum Gasteiger partial charge on any atom is -0.390 e. The van der Waals surface area contributed by atoms with Crippen LogP contribution >= 0.6 is 0 Å². The first-order valence-electron chi connectivity index (χ1n) is 6.70. The second-order valence-electron chi connectivity index (χ2n) is 4.82. The molecule has 1 rings (SSSR count). The van der Waals surface area contributed by atoms with E-state index < -0.39 is 10.0 Å². The topological polar surface area (TPSA) is 62.5 Å². The van der Waals surface area contributed by atoms with E-state index in [9.17, 15) is 13.5 Å². The molecule has 0 saturated carbocycles. The Bertz CT molecular complexity index is 506. The van der Waals surface area contributed by atoms with Gasteiger partial charge in [0.15, 0.2) is 0 Å². The summed E-state index contributed by atoms with van der Waals surface area (Å²) < 4.78 is 28.3. The lowest BCUT2D eigenvalue weighted by atomic mass is 10.4. The number of nitrogens with zero attached hydrogens (tertiary/aromatic N) is 2. The number of aryl methyl sites for hydroxylation is 1. The summed E-state index contributed by atoms with van der Waals surface area (Å²) in [6.45, 7) is 8.55. The normalized spacial score (nSPS) is 12.6. The van der Waals surface area contributed by atoms with Gasteiger partial charge in [0.2, 0.25) is 10.0 Å².